The summed E-state index contributed by atoms with van der Waals surface area (Å²) in [5.74, 6) is 4.63. The molecule has 0 unspecified atom stereocenters. The van der Waals surface area contributed by atoms with E-state index >= 15 is 0 Å². The molecule has 4 saturated carbocycles. The zero-order chi connectivity index (χ0) is 23.2. The first-order valence-corrected chi connectivity index (χ1v) is 14.2. The molecule has 4 heteroatoms. The maximum Gasteiger partial charge on any atom is 0.302 e. The lowest BCUT2D eigenvalue weighted by Gasteiger charge is -2.61. The van der Waals surface area contributed by atoms with Gasteiger partial charge < -0.3 is 14.2 Å². The van der Waals surface area contributed by atoms with Crippen molar-refractivity contribution in [1.82, 2.24) is 0 Å². The number of carbonyl (C=O) groups is 1. The Bertz CT molecular complexity index is 786. The molecule has 6 rings (SSSR count). The number of ether oxygens (including phenoxy) is 3. The number of fused-ring (bicyclic) bond motifs is 7. The minimum absolute atomic E-state index is 0.105. The van der Waals surface area contributed by atoms with Crippen molar-refractivity contribution in [2.45, 2.75) is 117 Å². The van der Waals surface area contributed by atoms with Gasteiger partial charge in [0.2, 0.25) is 0 Å². The molecular weight excluding hydrogens is 412 g/mol. The molecule has 2 aliphatic heterocycles. The fraction of sp³-hybridized carbons (Fsp3) is 0.966. The van der Waals surface area contributed by atoms with Crippen LogP contribution in [0.2, 0.25) is 0 Å². The van der Waals surface area contributed by atoms with Gasteiger partial charge in [-0.3, -0.25) is 4.79 Å². The molecule has 2 saturated heterocycles. The van der Waals surface area contributed by atoms with Crippen LogP contribution >= 0.6 is 0 Å². The van der Waals surface area contributed by atoms with Gasteiger partial charge in [-0.2, -0.15) is 0 Å². The van der Waals surface area contributed by atoms with Gasteiger partial charge in [0.15, 0.2) is 5.79 Å². The average molecular weight is 459 g/mol. The molecule has 4 nitrogen and oxygen atoms in total. The fourth-order valence-electron chi connectivity index (χ4n) is 10.6. The molecule has 1 spiro atoms. The van der Waals surface area contributed by atoms with E-state index in [2.05, 4.69) is 27.7 Å². The predicted octanol–water partition coefficient (Wildman–Crippen LogP) is 6.36. The first kappa shape index (κ1) is 22.8. The summed E-state index contributed by atoms with van der Waals surface area (Å²) in [6, 6.07) is 0. The van der Waals surface area contributed by atoms with Gasteiger partial charge in [-0.15, -0.1) is 0 Å². The third kappa shape index (κ3) is 3.25. The SMILES string of the molecule is CC(=O)O[C@H]1CC[C@@]2(C)[C@@H](CC[C@@H]3[C@@H]2CC[C@]2(C)[C@@H]4[C@H](C[C@@H]32)O[C@]2(CC[C@@H](C)CO2)[C@@H]4C)C1. The van der Waals surface area contributed by atoms with E-state index in [-0.39, 0.29) is 17.9 Å². The minimum atomic E-state index is -0.300. The van der Waals surface area contributed by atoms with Crippen LogP contribution in [0.15, 0.2) is 0 Å². The molecule has 0 bridgehead atoms. The molecule has 186 valence electrons. The van der Waals surface area contributed by atoms with E-state index in [9.17, 15) is 4.79 Å². The van der Waals surface area contributed by atoms with Crippen LogP contribution < -0.4 is 0 Å². The van der Waals surface area contributed by atoms with E-state index in [0.717, 1.165) is 49.5 Å². The number of hydrogen-bond donors (Lipinski definition) is 0. The molecule has 6 fully saturated rings. The highest BCUT2D eigenvalue weighted by atomic mass is 16.7. The highest BCUT2D eigenvalue weighted by Crippen LogP contribution is 2.71. The second kappa shape index (κ2) is 7.69. The van der Waals surface area contributed by atoms with Crippen molar-refractivity contribution in [3.05, 3.63) is 0 Å². The summed E-state index contributed by atoms with van der Waals surface area (Å²) in [6.07, 6.45) is 12.9. The average Bonchev–Trinajstić information content (AvgIpc) is 3.21. The van der Waals surface area contributed by atoms with Gasteiger partial charge in [-0.1, -0.05) is 27.7 Å². The highest BCUT2D eigenvalue weighted by molar-refractivity contribution is 5.66. The quantitative estimate of drug-likeness (QED) is 0.429. The molecule has 0 amide bonds. The molecule has 33 heavy (non-hydrogen) atoms. The van der Waals surface area contributed by atoms with E-state index in [0.29, 0.717) is 34.7 Å². The molecular formula is C29H46O4. The van der Waals surface area contributed by atoms with Gasteiger partial charge in [-0.25, -0.2) is 0 Å². The van der Waals surface area contributed by atoms with Gasteiger partial charge in [0.05, 0.1) is 12.7 Å². The maximum atomic E-state index is 11.5. The Kier molecular flexibility index (Phi) is 5.32. The van der Waals surface area contributed by atoms with E-state index < -0.39 is 0 Å². The van der Waals surface area contributed by atoms with Crippen molar-refractivity contribution in [3.8, 4) is 0 Å². The van der Waals surface area contributed by atoms with Gasteiger partial charge in [-0.05, 0) is 104 Å². The molecule has 0 N–H and O–H groups in total. The molecule has 0 radical (unpaired) electrons. The highest BCUT2D eigenvalue weighted by Gasteiger charge is 2.69. The van der Waals surface area contributed by atoms with Gasteiger partial charge in [0, 0.05) is 19.3 Å². The number of carbonyl (C=O) groups excluding carboxylic acids is 1. The summed E-state index contributed by atoms with van der Waals surface area (Å²) in [4.78, 5) is 11.5. The molecule has 4 aliphatic carbocycles. The van der Waals surface area contributed by atoms with Crippen molar-refractivity contribution in [3.63, 3.8) is 0 Å². The zero-order valence-electron chi connectivity index (χ0n) is 21.6. The lowest BCUT2D eigenvalue weighted by molar-refractivity contribution is -0.273. The van der Waals surface area contributed by atoms with E-state index in [1.54, 1.807) is 6.92 Å². The topological polar surface area (TPSA) is 44.8 Å². The van der Waals surface area contributed by atoms with Crippen molar-refractivity contribution in [2.75, 3.05) is 6.61 Å². The van der Waals surface area contributed by atoms with Gasteiger partial charge in [0.1, 0.15) is 6.10 Å². The Morgan fingerprint density at radius 2 is 1.70 bits per heavy atom. The first-order chi connectivity index (χ1) is 15.7. The summed E-state index contributed by atoms with van der Waals surface area (Å²) >= 11 is 0. The molecule has 6 aliphatic rings. The predicted molar refractivity (Wildman–Crippen MR) is 127 cm³/mol. The zero-order valence-corrected chi connectivity index (χ0v) is 21.6. The smallest absolute Gasteiger partial charge is 0.302 e. The Morgan fingerprint density at radius 1 is 0.909 bits per heavy atom. The normalized spacial score (nSPS) is 57.7. The third-order valence-corrected chi connectivity index (χ3v) is 12.2. The lowest BCUT2D eigenvalue weighted by Crippen LogP contribution is -2.55. The van der Waals surface area contributed by atoms with Crippen LogP contribution in [-0.4, -0.2) is 30.6 Å². The van der Waals surface area contributed by atoms with Crippen LogP contribution in [0.25, 0.3) is 0 Å². The summed E-state index contributed by atoms with van der Waals surface area (Å²) in [6.45, 7) is 12.4. The summed E-state index contributed by atoms with van der Waals surface area (Å²) in [5.41, 5.74) is 0.828. The van der Waals surface area contributed by atoms with Gasteiger partial charge in [0.25, 0.3) is 0 Å². The van der Waals surface area contributed by atoms with Crippen LogP contribution in [0.3, 0.4) is 0 Å². The van der Waals surface area contributed by atoms with Crippen molar-refractivity contribution in [1.29, 1.82) is 0 Å². The van der Waals surface area contributed by atoms with Crippen molar-refractivity contribution >= 4 is 5.97 Å². The summed E-state index contributed by atoms with van der Waals surface area (Å²) in [5, 5.41) is 0. The summed E-state index contributed by atoms with van der Waals surface area (Å²) in [7, 11) is 0. The molecule has 0 aromatic rings. The fourth-order valence-corrected chi connectivity index (χ4v) is 10.6. The van der Waals surface area contributed by atoms with Gasteiger partial charge >= 0.3 is 5.97 Å². The van der Waals surface area contributed by atoms with E-state index in [4.69, 9.17) is 14.2 Å². The molecule has 0 aromatic carbocycles. The van der Waals surface area contributed by atoms with E-state index in [1.165, 1.54) is 44.9 Å². The Labute approximate surface area is 200 Å². The number of esters is 1. The molecule has 2 heterocycles. The number of hydrogen-bond acceptors (Lipinski definition) is 4. The van der Waals surface area contributed by atoms with Crippen molar-refractivity contribution < 1.29 is 19.0 Å². The Hall–Kier alpha value is -0.610. The van der Waals surface area contributed by atoms with Crippen LogP contribution in [0.4, 0.5) is 0 Å². The maximum absolute atomic E-state index is 11.5. The molecule has 0 aromatic heterocycles. The second-order valence-corrected chi connectivity index (χ2v) is 13.7. The first-order valence-electron chi connectivity index (χ1n) is 14.2. The third-order valence-electron chi connectivity index (χ3n) is 12.2. The standard InChI is InChI=1S/C29H46O4/c1-17-8-13-29(31-16-17)18(2)26-25(33-29)15-24-22-7-6-20-14-21(32-19(3)30)9-11-27(20,4)23(22)10-12-28(24,26)5/h17-18,20-26H,6-16H2,1-5H3/t17-,18-,20+,21+,22-,23+,24+,25+,26+,27+,28+,29-/m1/s1. The monoisotopic (exact) mass is 458 g/mol. The summed E-state index contributed by atoms with van der Waals surface area (Å²) < 4.78 is 19.1. The van der Waals surface area contributed by atoms with Crippen LogP contribution in [0.1, 0.15) is 98.8 Å². The second-order valence-electron chi connectivity index (χ2n) is 13.7. The van der Waals surface area contributed by atoms with Crippen LogP contribution in [0, 0.1) is 52.3 Å². The van der Waals surface area contributed by atoms with Crippen LogP contribution in [0.5, 0.6) is 0 Å². The Balaban J connectivity index is 1.21. The van der Waals surface area contributed by atoms with Crippen LogP contribution in [-0.2, 0) is 19.0 Å². The van der Waals surface area contributed by atoms with Crippen molar-refractivity contribution in [2.24, 2.45) is 52.3 Å². The largest absolute Gasteiger partial charge is 0.463 e. The van der Waals surface area contributed by atoms with E-state index in [1.807, 2.05) is 0 Å². The molecule has 12 atom stereocenters. The lowest BCUT2D eigenvalue weighted by atomic mass is 9.44. The Morgan fingerprint density at radius 3 is 2.42 bits per heavy atom. The minimum Gasteiger partial charge on any atom is -0.463 e. The number of rotatable bonds is 1.